The molecule has 9 heteroatoms. The van der Waals surface area contributed by atoms with Crippen LogP contribution in [0.3, 0.4) is 0 Å². The smallest absolute Gasteiger partial charge is 0.255 e. The molecule has 2 aromatic rings. The summed E-state index contributed by atoms with van der Waals surface area (Å²) in [7, 11) is -3.89. The number of nitrogens with one attached hydrogen (secondary N) is 1. The second-order valence-electron chi connectivity index (χ2n) is 5.29. The first-order chi connectivity index (χ1) is 12.2. The first kappa shape index (κ1) is 20.3. The van der Waals surface area contributed by atoms with Gasteiger partial charge in [-0.3, -0.25) is 4.79 Å². The molecule has 2 aromatic carbocycles. The van der Waals surface area contributed by atoms with E-state index in [2.05, 4.69) is 5.32 Å². The summed E-state index contributed by atoms with van der Waals surface area (Å²) in [5.41, 5.74) is -0.401. The summed E-state index contributed by atoms with van der Waals surface area (Å²) in [6, 6.07) is 7.04. The molecule has 0 unspecified atom stereocenters. The van der Waals surface area contributed by atoms with Gasteiger partial charge >= 0.3 is 0 Å². The number of carbonyl (C=O) groups is 1. The summed E-state index contributed by atoms with van der Waals surface area (Å²) in [6.45, 7) is 3.83. The topological polar surface area (TPSA) is 66.5 Å². The van der Waals surface area contributed by atoms with Gasteiger partial charge in [-0.2, -0.15) is 4.31 Å². The number of nitrogens with zero attached hydrogens (tertiary/aromatic N) is 1. The van der Waals surface area contributed by atoms with Crippen LogP contribution in [0.4, 0.5) is 14.5 Å². The molecule has 0 aromatic heterocycles. The summed E-state index contributed by atoms with van der Waals surface area (Å²) in [5.74, 6) is -3.10. The van der Waals surface area contributed by atoms with Crippen LogP contribution < -0.4 is 5.32 Å². The molecular formula is C17H17ClF2N2O3S. The van der Waals surface area contributed by atoms with Crippen LogP contribution in [0.25, 0.3) is 0 Å². The van der Waals surface area contributed by atoms with E-state index in [1.807, 2.05) is 0 Å². The van der Waals surface area contributed by atoms with Gasteiger partial charge < -0.3 is 5.32 Å². The number of benzene rings is 2. The van der Waals surface area contributed by atoms with Crippen LogP contribution in [0.1, 0.15) is 24.2 Å². The number of carbonyl (C=O) groups excluding carboxylic acids is 1. The van der Waals surface area contributed by atoms with Gasteiger partial charge in [-0.05, 0) is 30.3 Å². The largest absolute Gasteiger partial charge is 0.319 e. The van der Waals surface area contributed by atoms with Crippen molar-refractivity contribution in [2.24, 2.45) is 0 Å². The normalized spacial score (nSPS) is 11.6. The lowest BCUT2D eigenvalue weighted by molar-refractivity contribution is 0.102. The van der Waals surface area contributed by atoms with Crippen molar-refractivity contribution in [2.45, 2.75) is 18.7 Å². The molecule has 0 fully saturated rings. The summed E-state index contributed by atoms with van der Waals surface area (Å²) in [5, 5.41) is 2.18. The summed E-state index contributed by atoms with van der Waals surface area (Å²) < 4.78 is 53.4. The molecule has 0 atom stereocenters. The van der Waals surface area contributed by atoms with Gasteiger partial charge in [0.05, 0.1) is 10.7 Å². The highest BCUT2D eigenvalue weighted by Crippen LogP contribution is 2.26. The molecule has 1 N–H and O–H groups in total. The van der Waals surface area contributed by atoms with Crippen LogP contribution in [0, 0.1) is 11.6 Å². The van der Waals surface area contributed by atoms with Gasteiger partial charge in [-0.25, -0.2) is 17.2 Å². The number of hydrogen-bond acceptors (Lipinski definition) is 3. The Morgan fingerprint density at radius 2 is 1.81 bits per heavy atom. The molecule has 0 aliphatic rings. The summed E-state index contributed by atoms with van der Waals surface area (Å²) >= 11 is 6.00. The van der Waals surface area contributed by atoms with Crippen LogP contribution >= 0.6 is 11.6 Å². The number of halogens is 3. The Bertz CT molecular complexity index is 932. The molecule has 140 valence electrons. The zero-order valence-electron chi connectivity index (χ0n) is 14.1. The Labute approximate surface area is 155 Å². The molecule has 0 radical (unpaired) electrons. The van der Waals surface area contributed by atoms with Gasteiger partial charge in [0, 0.05) is 18.7 Å². The molecule has 0 bridgehead atoms. The van der Waals surface area contributed by atoms with Crippen molar-refractivity contribution in [2.75, 3.05) is 18.4 Å². The Balaban J connectivity index is 2.40. The minimum absolute atomic E-state index is 0.0367. The van der Waals surface area contributed by atoms with E-state index in [0.717, 1.165) is 12.1 Å². The molecule has 0 aliphatic heterocycles. The monoisotopic (exact) mass is 402 g/mol. The molecule has 5 nitrogen and oxygen atoms in total. The number of rotatable bonds is 6. The van der Waals surface area contributed by atoms with Gasteiger partial charge in [0.2, 0.25) is 10.0 Å². The number of anilines is 1. The van der Waals surface area contributed by atoms with E-state index in [1.54, 1.807) is 13.8 Å². The maximum absolute atomic E-state index is 13.7. The average Bonchev–Trinajstić information content (AvgIpc) is 2.60. The molecule has 0 spiro atoms. The van der Waals surface area contributed by atoms with E-state index in [4.69, 9.17) is 11.6 Å². The lowest BCUT2D eigenvalue weighted by Gasteiger charge is -2.19. The lowest BCUT2D eigenvalue weighted by atomic mass is 10.2. The van der Waals surface area contributed by atoms with Crippen molar-refractivity contribution < 1.29 is 22.0 Å². The summed E-state index contributed by atoms with van der Waals surface area (Å²) in [6.07, 6.45) is 0. The highest BCUT2D eigenvalue weighted by molar-refractivity contribution is 7.89. The fourth-order valence-corrected chi connectivity index (χ4v) is 4.30. The van der Waals surface area contributed by atoms with Crippen LogP contribution in [0.15, 0.2) is 41.3 Å². The SMILES string of the molecule is CCN(CC)S(=O)(=O)c1cc(C(=O)Nc2cccc(F)c2F)ccc1Cl. The lowest BCUT2D eigenvalue weighted by Crippen LogP contribution is -2.31. The fraction of sp³-hybridized carbons (Fsp3) is 0.235. The maximum Gasteiger partial charge on any atom is 0.255 e. The van der Waals surface area contributed by atoms with E-state index in [0.29, 0.717) is 0 Å². The van der Waals surface area contributed by atoms with Crippen LogP contribution in [0.2, 0.25) is 5.02 Å². The molecule has 0 aliphatic carbocycles. The second-order valence-corrected chi connectivity index (χ2v) is 7.60. The molecule has 0 saturated heterocycles. The zero-order valence-corrected chi connectivity index (χ0v) is 15.7. The molecule has 0 saturated carbocycles. The third-order valence-corrected chi connectivity index (χ3v) is 6.25. The van der Waals surface area contributed by atoms with Gasteiger partial charge in [-0.15, -0.1) is 0 Å². The number of amides is 1. The van der Waals surface area contributed by atoms with Crippen molar-refractivity contribution in [3.63, 3.8) is 0 Å². The molecule has 0 heterocycles. The van der Waals surface area contributed by atoms with Crippen molar-refractivity contribution in [3.05, 3.63) is 58.6 Å². The Hall–Kier alpha value is -2.03. The Morgan fingerprint density at radius 1 is 1.15 bits per heavy atom. The second kappa shape index (κ2) is 8.11. The highest BCUT2D eigenvalue weighted by atomic mass is 35.5. The van der Waals surface area contributed by atoms with Crippen molar-refractivity contribution in [1.82, 2.24) is 4.31 Å². The molecule has 1 amide bonds. The van der Waals surface area contributed by atoms with Crippen molar-refractivity contribution >= 4 is 33.2 Å². The predicted octanol–water partition coefficient (Wildman–Crippen LogP) is 3.90. The fourth-order valence-electron chi connectivity index (χ4n) is 2.34. The minimum atomic E-state index is -3.89. The molecular weight excluding hydrogens is 386 g/mol. The van der Waals surface area contributed by atoms with E-state index < -0.39 is 27.6 Å². The zero-order chi connectivity index (χ0) is 19.5. The Morgan fingerprint density at radius 3 is 2.42 bits per heavy atom. The van der Waals surface area contributed by atoms with Gasteiger partial charge in [-0.1, -0.05) is 31.5 Å². The van der Waals surface area contributed by atoms with E-state index in [1.165, 1.54) is 28.6 Å². The number of hydrogen-bond donors (Lipinski definition) is 1. The van der Waals surface area contributed by atoms with Crippen LogP contribution in [-0.2, 0) is 10.0 Å². The van der Waals surface area contributed by atoms with Crippen molar-refractivity contribution in [3.8, 4) is 0 Å². The maximum atomic E-state index is 13.7. The van der Waals surface area contributed by atoms with Gasteiger partial charge in [0.15, 0.2) is 11.6 Å². The standard InChI is InChI=1S/C17H17ClF2N2O3S/c1-3-22(4-2)26(24,25)15-10-11(8-9-12(15)18)17(23)21-14-7-5-6-13(19)16(14)20/h5-10H,3-4H2,1-2H3,(H,21,23). The van der Waals surface area contributed by atoms with E-state index in [9.17, 15) is 22.0 Å². The van der Waals surface area contributed by atoms with Crippen LogP contribution in [-0.4, -0.2) is 31.7 Å². The van der Waals surface area contributed by atoms with E-state index in [-0.39, 0.29) is 34.3 Å². The van der Waals surface area contributed by atoms with Crippen LogP contribution in [0.5, 0.6) is 0 Å². The summed E-state index contributed by atoms with van der Waals surface area (Å²) in [4.78, 5) is 12.1. The van der Waals surface area contributed by atoms with E-state index >= 15 is 0 Å². The number of sulfonamides is 1. The minimum Gasteiger partial charge on any atom is -0.319 e. The van der Waals surface area contributed by atoms with Crippen molar-refractivity contribution in [1.29, 1.82) is 0 Å². The van der Waals surface area contributed by atoms with Gasteiger partial charge in [0.25, 0.3) is 5.91 Å². The first-order valence-corrected chi connectivity index (χ1v) is 9.59. The Kier molecular flexibility index (Phi) is 6.33. The third kappa shape index (κ3) is 4.03. The highest BCUT2D eigenvalue weighted by Gasteiger charge is 2.25. The molecule has 26 heavy (non-hydrogen) atoms. The molecule has 2 rings (SSSR count). The third-order valence-electron chi connectivity index (χ3n) is 3.72. The quantitative estimate of drug-likeness (QED) is 0.796. The average molecular weight is 403 g/mol. The van der Waals surface area contributed by atoms with Gasteiger partial charge in [0.1, 0.15) is 4.90 Å². The first-order valence-electron chi connectivity index (χ1n) is 7.77. The predicted molar refractivity (Wildman–Crippen MR) is 95.9 cm³/mol.